The lowest BCUT2D eigenvalue weighted by molar-refractivity contribution is -0.132. The van der Waals surface area contributed by atoms with Crippen LogP contribution in [0.15, 0.2) is 72.3 Å². The van der Waals surface area contributed by atoms with Gasteiger partial charge in [0, 0.05) is 5.69 Å². The number of ketones is 1. The first-order valence-corrected chi connectivity index (χ1v) is 12.3. The third-order valence-corrected chi connectivity index (χ3v) is 6.76. The molecule has 1 aliphatic rings. The quantitative estimate of drug-likeness (QED) is 0.197. The number of esters is 1. The van der Waals surface area contributed by atoms with Crippen LogP contribution < -0.4 is 14.4 Å². The lowest BCUT2D eigenvalue weighted by atomic mass is 9.85. The van der Waals surface area contributed by atoms with Crippen molar-refractivity contribution in [2.24, 2.45) is 0 Å². The molecule has 0 bridgehead atoms. The Morgan fingerprint density at radius 3 is 2.05 bits per heavy atom. The Balaban J connectivity index is 1.95. The molecule has 0 aromatic heterocycles. The minimum Gasteiger partial charge on any atom is -0.507 e. The molecular weight excluding hydrogens is 498 g/mol. The number of aliphatic hydroxyl groups excluding tert-OH is 1. The molecule has 1 heterocycles. The van der Waals surface area contributed by atoms with Gasteiger partial charge in [0.1, 0.15) is 17.3 Å². The zero-order chi connectivity index (χ0) is 28.5. The monoisotopic (exact) mass is 529 g/mol. The molecule has 1 amide bonds. The fraction of sp³-hybridized carbons (Fsp3) is 0.258. The predicted octanol–water partition coefficient (Wildman–Crippen LogP) is 5.41. The average molecular weight is 530 g/mol. The summed E-state index contributed by atoms with van der Waals surface area (Å²) < 4.78 is 15.6. The van der Waals surface area contributed by atoms with Crippen molar-refractivity contribution >= 4 is 29.1 Å². The summed E-state index contributed by atoms with van der Waals surface area (Å²) in [5.74, 6) is -1.56. The van der Waals surface area contributed by atoms with Gasteiger partial charge in [-0.2, -0.15) is 0 Å². The molecule has 3 aromatic rings. The van der Waals surface area contributed by atoms with Crippen molar-refractivity contribution in [2.75, 3.05) is 26.2 Å². The molecule has 3 aromatic carbocycles. The van der Waals surface area contributed by atoms with Crippen molar-refractivity contribution < 1.29 is 33.7 Å². The summed E-state index contributed by atoms with van der Waals surface area (Å²) in [5.41, 5.74) is 2.15. The Kier molecular flexibility index (Phi) is 7.49. The van der Waals surface area contributed by atoms with Crippen LogP contribution in [-0.2, 0) is 19.7 Å². The van der Waals surface area contributed by atoms with Crippen LogP contribution >= 0.6 is 0 Å². The summed E-state index contributed by atoms with van der Waals surface area (Å²) in [7, 11) is 4.30. The molecule has 0 radical (unpaired) electrons. The standard InChI is InChI=1S/C31H31NO7/c1-31(2,3)20-11-16-24(38-5)23(17-20)27(33)25-26(18-9-14-22(37-4)15-10-18)32(29(35)28(25)34)21-12-7-19(8-13-21)30(36)39-6/h7-17,26,33H,1-6H3/b27-25+. The molecular formula is C31H31NO7. The lowest BCUT2D eigenvalue weighted by Gasteiger charge is -2.26. The van der Waals surface area contributed by atoms with Crippen LogP contribution in [0.3, 0.4) is 0 Å². The van der Waals surface area contributed by atoms with Crippen molar-refractivity contribution in [3.05, 3.63) is 94.6 Å². The highest BCUT2D eigenvalue weighted by Crippen LogP contribution is 2.44. The topological polar surface area (TPSA) is 102 Å². The number of anilines is 1. The Labute approximate surface area is 227 Å². The molecule has 4 rings (SSSR count). The summed E-state index contributed by atoms with van der Waals surface area (Å²) in [6.07, 6.45) is 0. The SMILES string of the molecule is COC(=O)c1ccc(N2C(=O)C(=O)/C(=C(/O)c3cc(C(C)(C)C)ccc3OC)C2c2ccc(OC)cc2)cc1. The summed E-state index contributed by atoms with van der Waals surface area (Å²) in [4.78, 5) is 40.3. The molecule has 1 aliphatic heterocycles. The van der Waals surface area contributed by atoms with Gasteiger partial charge in [-0.15, -0.1) is 0 Å². The fourth-order valence-corrected chi connectivity index (χ4v) is 4.58. The van der Waals surface area contributed by atoms with Gasteiger partial charge in [-0.3, -0.25) is 14.5 Å². The first kappa shape index (κ1) is 27.4. The number of aliphatic hydroxyl groups is 1. The third kappa shape index (κ3) is 5.10. The van der Waals surface area contributed by atoms with E-state index < -0.39 is 23.7 Å². The average Bonchev–Trinajstić information content (AvgIpc) is 3.21. The summed E-state index contributed by atoms with van der Waals surface area (Å²) in [6, 6.07) is 17.5. The van der Waals surface area contributed by atoms with Gasteiger partial charge in [-0.1, -0.05) is 39.0 Å². The second kappa shape index (κ2) is 10.6. The second-order valence-corrected chi connectivity index (χ2v) is 10.1. The minimum absolute atomic E-state index is 0.0772. The van der Waals surface area contributed by atoms with Crippen LogP contribution in [0.25, 0.3) is 5.76 Å². The van der Waals surface area contributed by atoms with Crippen molar-refractivity contribution in [1.82, 2.24) is 0 Å². The smallest absolute Gasteiger partial charge is 0.337 e. The van der Waals surface area contributed by atoms with Crippen LogP contribution in [0.2, 0.25) is 0 Å². The number of ether oxygens (including phenoxy) is 3. The van der Waals surface area contributed by atoms with E-state index in [1.807, 2.05) is 26.8 Å². The maximum absolute atomic E-state index is 13.6. The van der Waals surface area contributed by atoms with E-state index in [2.05, 4.69) is 0 Å². The first-order chi connectivity index (χ1) is 18.5. The van der Waals surface area contributed by atoms with Gasteiger partial charge in [0.2, 0.25) is 0 Å². The van der Waals surface area contributed by atoms with Crippen molar-refractivity contribution in [3.8, 4) is 11.5 Å². The Morgan fingerprint density at radius 2 is 1.51 bits per heavy atom. The van der Waals surface area contributed by atoms with E-state index in [0.29, 0.717) is 33.9 Å². The largest absolute Gasteiger partial charge is 0.507 e. The van der Waals surface area contributed by atoms with Gasteiger partial charge in [0.15, 0.2) is 0 Å². The van der Waals surface area contributed by atoms with Gasteiger partial charge in [-0.25, -0.2) is 4.79 Å². The molecule has 202 valence electrons. The highest BCUT2D eigenvalue weighted by atomic mass is 16.5. The molecule has 1 atom stereocenters. The summed E-state index contributed by atoms with van der Waals surface area (Å²) in [6.45, 7) is 6.10. The van der Waals surface area contributed by atoms with Gasteiger partial charge in [0.05, 0.1) is 44.1 Å². The first-order valence-electron chi connectivity index (χ1n) is 12.3. The van der Waals surface area contributed by atoms with E-state index in [-0.39, 0.29) is 16.7 Å². The molecule has 8 nitrogen and oxygen atoms in total. The van der Waals surface area contributed by atoms with Crippen LogP contribution in [0, 0.1) is 0 Å². The number of rotatable bonds is 6. The Bertz CT molecular complexity index is 1450. The number of hydrogen-bond donors (Lipinski definition) is 1. The van der Waals surface area contributed by atoms with E-state index in [0.717, 1.165) is 5.56 Å². The second-order valence-electron chi connectivity index (χ2n) is 10.1. The highest BCUT2D eigenvalue weighted by Gasteiger charge is 2.47. The van der Waals surface area contributed by atoms with Crippen molar-refractivity contribution in [1.29, 1.82) is 0 Å². The molecule has 1 fully saturated rings. The van der Waals surface area contributed by atoms with Crippen LogP contribution in [0.1, 0.15) is 53.9 Å². The number of Topliss-reactive ketones (excluding diaryl/α,β-unsaturated/α-hetero) is 1. The summed E-state index contributed by atoms with van der Waals surface area (Å²) >= 11 is 0. The molecule has 1 N–H and O–H groups in total. The van der Waals surface area contributed by atoms with Gasteiger partial charge in [-0.05, 0) is 65.1 Å². The van der Waals surface area contributed by atoms with Gasteiger partial charge in [0.25, 0.3) is 11.7 Å². The van der Waals surface area contributed by atoms with E-state index in [1.54, 1.807) is 55.6 Å². The molecule has 8 heteroatoms. The number of carbonyl (C=O) groups excluding carboxylic acids is 3. The number of hydrogen-bond acceptors (Lipinski definition) is 7. The molecule has 0 saturated carbocycles. The lowest BCUT2D eigenvalue weighted by Crippen LogP contribution is -2.29. The number of benzene rings is 3. The highest BCUT2D eigenvalue weighted by molar-refractivity contribution is 6.51. The minimum atomic E-state index is -0.956. The van der Waals surface area contributed by atoms with E-state index in [9.17, 15) is 19.5 Å². The number of methoxy groups -OCH3 is 3. The fourth-order valence-electron chi connectivity index (χ4n) is 4.58. The van der Waals surface area contributed by atoms with E-state index >= 15 is 0 Å². The maximum atomic E-state index is 13.6. The number of nitrogens with zero attached hydrogens (tertiary/aromatic N) is 1. The molecule has 1 unspecified atom stereocenters. The molecule has 0 aliphatic carbocycles. The maximum Gasteiger partial charge on any atom is 0.337 e. The predicted molar refractivity (Wildman–Crippen MR) is 147 cm³/mol. The number of amides is 1. The normalized spacial score (nSPS) is 16.8. The van der Waals surface area contributed by atoms with Gasteiger partial charge < -0.3 is 19.3 Å². The zero-order valence-corrected chi connectivity index (χ0v) is 22.8. The molecule has 1 saturated heterocycles. The third-order valence-electron chi connectivity index (χ3n) is 6.76. The number of carbonyl (C=O) groups is 3. The van der Waals surface area contributed by atoms with Crippen LogP contribution in [0.5, 0.6) is 11.5 Å². The zero-order valence-electron chi connectivity index (χ0n) is 22.8. The van der Waals surface area contributed by atoms with Crippen molar-refractivity contribution in [2.45, 2.75) is 32.2 Å². The van der Waals surface area contributed by atoms with Crippen LogP contribution in [0.4, 0.5) is 5.69 Å². The molecule has 39 heavy (non-hydrogen) atoms. The van der Waals surface area contributed by atoms with E-state index in [1.165, 1.54) is 31.3 Å². The Hall–Kier alpha value is -4.59. The van der Waals surface area contributed by atoms with Gasteiger partial charge >= 0.3 is 5.97 Å². The molecule has 0 spiro atoms. The Morgan fingerprint density at radius 1 is 0.872 bits per heavy atom. The van der Waals surface area contributed by atoms with Crippen LogP contribution in [-0.4, -0.2) is 44.1 Å². The van der Waals surface area contributed by atoms with Crippen molar-refractivity contribution in [3.63, 3.8) is 0 Å². The van der Waals surface area contributed by atoms with E-state index in [4.69, 9.17) is 14.2 Å². The summed E-state index contributed by atoms with van der Waals surface area (Å²) in [5, 5.41) is 11.7.